The van der Waals surface area contributed by atoms with Crippen LogP contribution in [0.2, 0.25) is 0 Å². The van der Waals surface area contributed by atoms with Crippen LogP contribution >= 0.6 is 11.3 Å². The summed E-state index contributed by atoms with van der Waals surface area (Å²) in [6, 6.07) is 2.73. The number of hydrogen-bond acceptors (Lipinski definition) is 5. The summed E-state index contributed by atoms with van der Waals surface area (Å²) in [6.07, 6.45) is 0.650. The second-order valence-corrected chi connectivity index (χ2v) is 7.86. The molecule has 0 atom stereocenters. The zero-order valence-corrected chi connectivity index (χ0v) is 16.3. The highest BCUT2D eigenvalue weighted by atomic mass is 32.1. The van der Waals surface area contributed by atoms with Crippen LogP contribution in [-0.2, 0) is 17.8 Å². The van der Waals surface area contributed by atoms with Crippen molar-refractivity contribution in [2.45, 2.75) is 32.9 Å². The summed E-state index contributed by atoms with van der Waals surface area (Å²) < 4.78 is 26.6. The molecule has 1 aromatic carbocycles. The fourth-order valence-electron chi connectivity index (χ4n) is 2.82. The lowest BCUT2D eigenvalue weighted by molar-refractivity contribution is -0.117. The Balaban J connectivity index is 1.56. The molecular formula is C18H21F2N5O2S. The van der Waals surface area contributed by atoms with Gasteiger partial charge in [0.15, 0.2) is 5.13 Å². The van der Waals surface area contributed by atoms with Gasteiger partial charge in [0, 0.05) is 36.5 Å². The average Bonchev–Trinajstić information content (AvgIpc) is 2.97. The van der Waals surface area contributed by atoms with E-state index in [1.165, 1.54) is 17.4 Å². The standard InChI is InChI=1S/C18H21F2N5O2S/c1-10(2)21-17(27)24-18-23-14-5-6-25(8-15(14)28-18)9-16(26)22-13-4-3-11(19)7-12(13)20/h3-4,7,10H,5-6,8-9H2,1-2H3,(H,22,26)(H2,21,23,24,27). The minimum absolute atomic E-state index is 0.0227. The lowest BCUT2D eigenvalue weighted by Gasteiger charge is -2.25. The third-order valence-corrected chi connectivity index (χ3v) is 5.02. The van der Waals surface area contributed by atoms with Crippen molar-refractivity contribution in [2.75, 3.05) is 23.7 Å². The van der Waals surface area contributed by atoms with E-state index in [4.69, 9.17) is 0 Å². The Bertz CT molecular complexity index is 887. The summed E-state index contributed by atoms with van der Waals surface area (Å²) >= 11 is 1.37. The first-order valence-electron chi connectivity index (χ1n) is 8.83. The van der Waals surface area contributed by atoms with E-state index in [1.807, 2.05) is 18.7 Å². The summed E-state index contributed by atoms with van der Waals surface area (Å²) in [5, 5.41) is 8.43. The monoisotopic (exact) mass is 409 g/mol. The van der Waals surface area contributed by atoms with Crippen molar-refractivity contribution in [2.24, 2.45) is 0 Å². The molecule has 0 aliphatic carbocycles. The smallest absolute Gasteiger partial charge is 0.321 e. The van der Waals surface area contributed by atoms with Crippen LogP contribution in [0.15, 0.2) is 18.2 Å². The highest BCUT2D eigenvalue weighted by molar-refractivity contribution is 7.15. The first-order valence-corrected chi connectivity index (χ1v) is 9.65. The molecule has 0 saturated heterocycles. The highest BCUT2D eigenvalue weighted by Crippen LogP contribution is 2.28. The summed E-state index contributed by atoms with van der Waals surface area (Å²) in [5.74, 6) is -1.89. The number of nitrogens with one attached hydrogen (secondary N) is 3. The van der Waals surface area contributed by atoms with E-state index >= 15 is 0 Å². The molecule has 1 aliphatic rings. The Morgan fingerprint density at radius 2 is 2.07 bits per heavy atom. The number of carbonyl (C=O) groups excluding carboxylic acids is 2. The predicted molar refractivity (Wildman–Crippen MR) is 103 cm³/mol. The van der Waals surface area contributed by atoms with Gasteiger partial charge in [-0.3, -0.25) is 15.0 Å². The molecule has 0 fully saturated rings. The fourth-order valence-corrected chi connectivity index (χ4v) is 3.86. The van der Waals surface area contributed by atoms with E-state index in [0.29, 0.717) is 24.6 Å². The SMILES string of the molecule is CC(C)NC(=O)Nc1nc2c(s1)CN(CC(=O)Nc1ccc(F)cc1F)CC2. The molecule has 3 N–H and O–H groups in total. The molecule has 3 amide bonds. The van der Waals surface area contributed by atoms with Gasteiger partial charge in [-0.1, -0.05) is 0 Å². The predicted octanol–water partition coefficient (Wildman–Crippen LogP) is 2.95. The largest absolute Gasteiger partial charge is 0.336 e. The molecule has 28 heavy (non-hydrogen) atoms. The van der Waals surface area contributed by atoms with E-state index < -0.39 is 11.6 Å². The first-order chi connectivity index (χ1) is 13.3. The highest BCUT2D eigenvalue weighted by Gasteiger charge is 2.23. The van der Waals surface area contributed by atoms with Crippen LogP contribution in [0, 0.1) is 11.6 Å². The van der Waals surface area contributed by atoms with Gasteiger partial charge in [-0.2, -0.15) is 0 Å². The molecule has 0 spiro atoms. The number of halogens is 2. The molecule has 0 saturated carbocycles. The number of aromatic nitrogens is 1. The molecule has 0 unspecified atom stereocenters. The van der Waals surface area contributed by atoms with E-state index in [1.54, 1.807) is 0 Å². The van der Waals surface area contributed by atoms with Crippen LogP contribution in [0.4, 0.5) is 24.4 Å². The number of amides is 3. The lowest BCUT2D eigenvalue weighted by Crippen LogP contribution is -2.36. The number of fused-ring (bicyclic) bond motifs is 1. The van der Waals surface area contributed by atoms with Crippen molar-refractivity contribution < 1.29 is 18.4 Å². The number of hydrogen-bond donors (Lipinski definition) is 3. The second kappa shape index (κ2) is 8.61. The van der Waals surface area contributed by atoms with Crippen molar-refractivity contribution in [1.29, 1.82) is 0 Å². The van der Waals surface area contributed by atoms with Crippen molar-refractivity contribution in [3.05, 3.63) is 40.4 Å². The van der Waals surface area contributed by atoms with Crippen LogP contribution in [-0.4, -0.2) is 41.0 Å². The van der Waals surface area contributed by atoms with Gasteiger partial charge in [0.1, 0.15) is 11.6 Å². The van der Waals surface area contributed by atoms with E-state index in [2.05, 4.69) is 20.9 Å². The van der Waals surface area contributed by atoms with Crippen LogP contribution in [0.1, 0.15) is 24.4 Å². The number of benzene rings is 1. The van der Waals surface area contributed by atoms with Crippen LogP contribution < -0.4 is 16.0 Å². The lowest BCUT2D eigenvalue weighted by atomic mass is 10.2. The van der Waals surface area contributed by atoms with Crippen LogP contribution in [0.5, 0.6) is 0 Å². The second-order valence-electron chi connectivity index (χ2n) is 6.78. The maximum Gasteiger partial charge on any atom is 0.321 e. The molecule has 0 bridgehead atoms. The average molecular weight is 409 g/mol. The molecule has 1 aliphatic heterocycles. The third-order valence-electron chi connectivity index (χ3n) is 4.02. The Morgan fingerprint density at radius 1 is 1.29 bits per heavy atom. The summed E-state index contributed by atoms with van der Waals surface area (Å²) in [5.41, 5.74) is 0.857. The van der Waals surface area contributed by atoms with Crippen molar-refractivity contribution in [3.8, 4) is 0 Å². The number of anilines is 2. The van der Waals surface area contributed by atoms with Gasteiger partial charge < -0.3 is 10.6 Å². The molecule has 7 nitrogen and oxygen atoms in total. The molecular weight excluding hydrogens is 388 g/mol. The Labute approximate surface area is 165 Å². The Hall–Kier alpha value is -2.59. The molecule has 0 radical (unpaired) electrons. The van der Waals surface area contributed by atoms with E-state index in [-0.39, 0.29) is 30.2 Å². The van der Waals surface area contributed by atoms with Crippen molar-refractivity contribution in [3.63, 3.8) is 0 Å². The zero-order chi connectivity index (χ0) is 20.3. The van der Waals surface area contributed by atoms with Gasteiger partial charge in [-0.15, -0.1) is 11.3 Å². The van der Waals surface area contributed by atoms with Gasteiger partial charge in [0.05, 0.1) is 17.9 Å². The van der Waals surface area contributed by atoms with Gasteiger partial charge in [-0.25, -0.2) is 18.6 Å². The van der Waals surface area contributed by atoms with Gasteiger partial charge in [0.2, 0.25) is 5.91 Å². The third kappa shape index (κ3) is 5.23. The van der Waals surface area contributed by atoms with Crippen LogP contribution in [0.25, 0.3) is 0 Å². The molecule has 2 aromatic rings. The number of thiazole rings is 1. The normalized spacial score (nSPS) is 13.9. The number of urea groups is 1. The Kier molecular flexibility index (Phi) is 6.20. The van der Waals surface area contributed by atoms with Crippen molar-refractivity contribution in [1.82, 2.24) is 15.2 Å². The quantitative estimate of drug-likeness (QED) is 0.709. The minimum Gasteiger partial charge on any atom is -0.336 e. The van der Waals surface area contributed by atoms with Gasteiger partial charge in [0.25, 0.3) is 0 Å². The maximum absolute atomic E-state index is 13.7. The van der Waals surface area contributed by atoms with Gasteiger partial charge >= 0.3 is 6.03 Å². The Morgan fingerprint density at radius 3 is 2.79 bits per heavy atom. The molecule has 1 aromatic heterocycles. The summed E-state index contributed by atoms with van der Waals surface area (Å²) in [4.78, 5) is 31.3. The number of nitrogens with zero attached hydrogens (tertiary/aromatic N) is 2. The van der Waals surface area contributed by atoms with Crippen LogP contribution in [0.3, 0.4) is 0 Å². The number of carbonyl (C=O) groups is 2. The first kappa shape index (κ1) is 20.2. The topological polar surface area (TPSA) is 86.4 Å². The molecule has 2 heterocycles. The van der Waals surface area contributed by atoms with E-state index in [0.717, 1.165) is 22.7 Å². The zero-order valence-electron chi connectivity index (χ0n) is 15.5. The molecule has 150 valence electrons. The maximum atomic E-state index is 13.7. The van der Waals surface area contributed by atoms with Gasteiger partial charge in [-0.05, 0) is 26.0 Å². The summed E-state index contributed by atoms with van der Waals surface area (Å²) in [7, 11) is 0. The van der Waals surface area contributed by atoms with Crippen molar-refractivity contribution >= 4 is 34.1 Å². The minimum atomic E-state index is -0.813. The molecule has 3 rings (SSSR count). The van der Waals surface area contributed by atoms with E-state index in [9.17, 15) is 18.4 Å². The molecule has 10 heteroatoms. The number of rotatable bonds is 5. The summed E-state index contributed by atoms with van der Waals surface area (Å²) in [6.45, 7) is 4.94. The fraction of sp³-hybridized carbons (Fsp3) is 0.389.